The van der Waals surface area contributed by atoms with Crippen molar-refractivity contribution < 1.29 is 18.7 Å². The number of hydrogen-bond acceptors (Lipinski definition) is 6. The molecular weight excluding hydrogens is 311 g/mol. The summed E-state index contributed by atoms with van der Waals surface area (Å²) in [6, 6.07) is 5.75. The summed E-state index contributed by atoms with van der Waals surface area (Å²) in [6.07, 6.45) is -0.878. The molecule has 0 amide bonds. The third-order valence-corrected chi connectivity index (χ3v) is 4.17. The van der Waals surface area contributed by atoms with Crippen LogP contribution in [0, 0.1) is 10.6 Å². The molecule has 2 aromatic rings. The van der Waals surface area contributed by atoms with E-state index in [0.717, 1.165) is 0 Å². The van der Waals surface area contributed by atoms with Gasteiger partial charge in [-0.05, 0) is 34.8 Å². The fourth-order valence-corrected chi connectivity index (χ4v) is 3.01. The normalized spacial score (nSPS) is 27.3. The van der Waals surface area contributed by atoms with Gasteiger partial charge < -0.3 is 9.47 Å². The average molecular weight is 322 g/mol. The van der Waals surface area contributed by atoms with E-state index in [1.165, 1.54) is 15.4 Å². The molecule has 1 aromatic carbocycles. The van der Waals surface area contributed by atoms with Gasteiger partial charge in [0.2, 0.25) is 11.1 Å². The number of fused-ring (bicyclic) bond motifs is 2. The first-order valence-electron chi connectivity index (χ1n) is 6.74. The Bertz CT molecular complexity index is 805. The molecule has 0 N–H and O–H groups in total. The van der Waals surface area contributed by atoms with E-state index in [9.17, 15) is 9.18 Å². The van der Waals surface area contributed by atoms with Gasteiger partial charge in [0, 0.05) is 6.42 Å². The highest BCUT2D eigenvalue weighted by Crippen LogP contribution is 2.32. The third kappa shape index (κ3) is 2.01. The Morgan fingerprint density at radius 3 is 2.95 bits per heavy atom. The van der Waals surface area contributed by atoms with Gasteiger partial charge in [0.15, 0.2) is 5.78 Å². The van der Waals surface area contributed by atoms with Crippen LogP contribution in [-0.2, 0) is 14.3 Å². The summed E-state index contributed by atoms with van der Waals surface area (Å²) in [5.74, 6) is -0.605. The van der Waals surface area contributed by atoms with Crippen LogP contribution < -0.4 is 0 Å². The van der Waals surface area contributed by atoms with Crippen LogP contribution in [-0.4, -0.2) is 44.6 Å². The minimum Gasteiger partial charge on any atom is -0.343 e. The Morgan fingerprint density at radius 2 is 2.14 bits per heavy atom. The van der Waals surface area contributed by atoms with Gasteiger partial charge in [-0.15, -0.1) is 0 Å². The molecule has 7 nitrogen and oxygen atoms in total. The van der Waals surface area contributed by atoms with Crippen molar-refractivity contribution in [1.82, 2.24) is 19.8 Å². The van der Waals surface area contributed by atoms with Crippen molar-refractivity contribution in [2.45, 2.75) is 24.9 Å². The lowest BCUT2D eigenvalue weighted by molar-refractivity contribution is -0.156. The van der Waals surface area contributed by atoms with Crippen molar-refractivity contribution in [3.05, 3.63) is 34.9 Å². The van der Waals surface area contributed by atoms with Crippen LogP contribution in [0.25, 0.3) is 5.69 Å². The summed E-state index contributed by atoms with van der Waals surface area (Å²) in [5, 5.41) is 7.89. The molecule has 2 saturated heterocycles. The quantitative estimate of drug-likeness (QED) is 0.774. The second-order valence-corrected chi connectivity index (χ2v) is 5.51. The molecule has 2 aliphatic heterocycles. The molecule has 0 spiro atoms. The summed E-state index contributed by atoms with van der Waals surface area (Å²) in [6.45, 7) is 0.301. The van der Waals surface area contributed by atoms with Crippen LogP contribution in [0.5, 0.6) is 0 Å². The molecule has 0 aliphatic carbocycles. The molecule has 0 unspecified atom stereocenters. The van der Waals surface area contributed by atoms with Gasteiger partial charge in [0.25, 0.3) is 0 Å². The van der Waals surface area contributed by atoms with Gasteiger partial charge in [-0.2, -0.15) is 4.68 Å². The van der Waals surface area contributed by atoms with E-state index in [4.69, 9.17) is 21.7 Å². The maximum absolute atomic E-state index is 13.9. The zero-order valence-electron chi connectivity index (χ0n) is 11.3. The Morgan fingerprint density at radius 1 is 1.32 bits per heavy atom. The highest BCUT2D eigenvalue weighted by Gasteiger charge is 2.45. The molecule has 3 atom stereocenters. The average Bonchev–Trinajstić information content (AvgIpc) is 3.10. The molecule has 1 aromatic heterocycles. The second-order valence-electron chi connectivity index (χ2n) is 5.15. The number of tetrazole rings is 1. The lowest BCUT2D eigenvalue weighted by Gasteiger charge is -2.25. The molecule has 114 valence electrons. The molecule has 2 aliphatic rings. The van der Waals surface area contributed by atoms with Crippen molar-refractivity contribution >= 4 is 18.0 Å². The standard InChI is InChI=1S/C13H11FN4O3S/c14-7-3-1-2-4-8(7)17-13(22)18(16-15-17)9-5-10(19)12-20-6-11(9)21-12/h1-4,9,11-12H,5-6H2/t9-,11+,12+/m1/s1. The summed E-state index contributed by atoms with van der Waals surface area (Å²) in [5.41, 5.74) is 0.211. The smallest absolute Gasteiger partial charge is 0.221 e. The van der Waals surface area contributed by atoms with Crippen LogP contribution in [0.3, 0.4) is 0 Å². The number of ketones is 1. The molecule has 4 rings (SSSR count). The Hall–Kier alpha value is -1.97. The van der Waals surface area contributed by atoms with Gasteiger partial charge in [0.05, 0.1) is 12.6 Å². The van der Waals surface area contributed by atoms with E-state index in [1.54, 1.807) is 18.2 Å². The zero-order valence-corrected chi connectivity index (χ0v) is 12.1. The largest absolute Gasteiger partial charge is 0.343 e. The van der Waals surface area contributed by atoms with Gasteiger partial charge in [-0.1, -0.05) is 12.1 Å². The van der Waals surface area contributed by atoms with Crippen molar-refractivity contribution in [2.75, 3.05) is 6.61 Å². The molecule has 22 heavy (non-hydrogen) atoms. The fourth-order valence-electron chi connectivity index (χ4n) is 2.71. The number of carbonyl (C=O) groups is 1. The lowest BCUT2D eigenvalue weighted by atomic mass is 10.0. The number of hydrogen-bond donors (Lipinski definition) is 0. The van der Waals surface area contributed by atoms with Crippen molar-refractivity contribution in [3.63, 3.8) is 0 Å². The number of Topliss-reactive ketones (excluding diaryl/α,β-unsaturated/α-hetero) is 1. The number of halogens is 1. The zero-order chi connectivity index (χ0) is 15.3. The second kappa shape index (κ2) is 5.04. The van der Waals surface area contributed by atoms with Gasteiger partial charge in [-0.3, -0.25) is 4.79 Å². The highest BCUT2D eigenvalue weighted by atomic mass is 32.1. The molecule has 2 fully saturated rings. The van der Waals surface area contributed by atoms with Crippen molar-refractivity contribution in [2.24, 2.45) is 0 Å². The summed E-state index contributed by atoms with van der Waals surface area (Å²) < 4.78 is 27.5. The van der Waals surface area contributed by atoms with E-state index < -0.39 is 12.1 Å². The predicted molar refractivity (Wildman–Crippen MR) is 73.4 cm³/mol. The third-order valence-electron chi connectivity index (χ3n) is 3.81. The molecule has 0 saturated carbocycles. The van der Waals surface area contributed by atoms with Crippen LogP contribution in [0.4, 0.5) is 4.39 Å². The van der Waals surface area contributed by atoms with Crippen LogP contribution in [0.1, 0.15) is 12.5 Å². The SMILES string of the molecule is O=C1C[C@@H](n2nnn(-c3ccccc3F)c2=S)[C@@H]2CO[C@H]1O2. The molecule has 3 heterocycles. The Kier molecular flexibility index (Phi) is 3.13. The Labute approximate surface area is 129 Å². The number of benzene rings is 1. The van der Waals surface area contributed by atoms with Gasteiger partial charge in [0.1, 0.15) is 17.6 Å². The summed E-state index contributed by atoms with van der Waals surface area (Å²) >= 11 is 5.33. The maximum atomic E-state index is 13.9. The van der Waals surface area contributed by atoms with E-state index >= 15 is 0 Å². The number of aromatic nitrogens is 4. The first-order chi connectivity index (χ1) is 10.6. The maximum Gasteiger partial charge on any atom is 0.221 e. The topological polar surface area (TPSA) is 71.2 Å². The fraction of sp³-hybridized carbons (Fsp3) is 0.385. The van der Waals surface area contributed by atoms with Gasteiger partial charge in [-0.25, -0.2) is 9.07 Å². The van der Waals surface area contributed by atoms with Gasteiger partial charge >= 0.3 is 0 Å². The first kappa shape index (κ1) is 13.7. The van der Waals surface area contributed by atoms with Crippen LogP contribution in [0.15, 0.2) is 24.3 Å². The minimum absolute atomic E-state index is 0.152. The molecular formula is C13H11FN4O3S. The van der Waals surface area contributed by atoms with E-state index in [0.29, 0.717) is 6.61 Å². The molecule has 2 bridgehead atoms. The first-order valence-corrected chi connectivity index (χ1v) is 7.15. The molecule has 9 heteroatoms. The van der Waals surface area contributed by atoms with Crippen LogP contribution >= 0.6 is 12.2 Å². The number of ether oxygens (including phenoxy) is 2. The highest BCUT2D eigenvalue weighted by molar-refractivity contribution is 7.71. The van der Waals surface area contributed by atoms with Crippen molar-refractivity contribution in [1.29, 1.82) is 0 Å². The van der Waals surface area contributed by atoms with E-state index in [-0.39, 0.29) is 34.8 Å². The Balaban J connectivity index is 1.75. The lowest BCUT2D eigenvalue weighted by Crippen LogP contribution is -2.37. The summed E-state index contributed by atoms with van der Waals surface area (Å²) in [4.78, 5) is 11.9. The molecule has 0 radical (unpaired) electrons. The van der Waals surface area contributed by atoms with E-state index in [1.807, 2.05) is 0 Å². The summed E-state index contributed by atoms with van der Waals surface area (Å²) in [7, 11) is 0. The predicted octanol–water partition coefficient (Wildman–Crippen LogP) is 1.19. The number of nitrogens with zero attached hydrogens (tertiary/aromatic N) is 4. The number of para-hydroxylation sites is 1. The monoisotopic (exact) mass is 322 g/mol. The number of carbonyl (C=O) groups excluding carboxylic acids is 1. The van der Waals surface area contributed by atoms with Crippen LogP contribution in [0.2, 0.25) is 0 Å². The number of rotatable bonds is 2. The van der Waals surface area contributed by atoms with E-state index in [2.05, 4.69) is 10.4 Å². The van der Waals surface area contributed by atoms with Crippen molar-refractivity contribution in [3.8, 4) is 5.69 Å². The minimum atomic E-state index is -0.781.